The third-order valence-corrected chi connectivity index (χ3v) is 2.44. The highest BCUT2D eigenvalue weighted by molar-refractivity contribution is 5.67. The van der Waals surface area contributed by atoms with Gasteiger partial charge in [0.2, 0.25) is 0 Å². The van der Waals surface area contributed by atoms with Gasteiger partial charge in [-0.15, -0.1) is 0 Å². The van der Waals surface area contributed by atoms with Gasteiger partial charge >= 0.3 is 6.09 Å². The van der Waals surface area contributed by atoms with Crippen molar-refractivity contribution in [2.24, 2.45) is 0 Å². The molecule has 0 heterocycles. The molecule has 0 atom stereocenters. The quantitative estimate of drug-likeness (QED) is 0.751. The predicted octanol–water partition coefficient (Wildman–Crippen LogP) is 3.31. The largest absolute Gasteiger partial charge is 0.445 e. The molecule has 0 bridgehead atoms. The van der Waals surface area contributed by atoms with E-state index in [-0.39, 0.29) is 6.09 Å². The topological polar surface area (TPSA) is 38.3 Å². The standard InChI is InChI=1S/C15H21NO2/c1-2-12-16-15(17)18-13-8-4-7-11-14-9-5-3-6-10-14/h3-6,8-10H,2,7,11-13H2,1H3,(H,16,17)/b8-4+. The maximum absolute atomic E-state index is 11.1. The molecule has 1 aromatic carbocycles. The van der Waals surface area contributed by atoms with Crippen LogP contribution in [-0.4, -0.2) is 19.2 Å². The Balaban J connectivity index is 2.06. The van der Waals surface area contributed by atoms with Crippen LogP contribution in [0.1, 0.15) is 25.3 Å². The first-order valence-corrected chi connectivity index (χ1v) is 6.42. The summed E-state index contributed by atoms with van der Waals surface area (Å²) in [5, 5.41) is 2.65. The van der Waals surface area contributed by atoms with Gasteiger partial charge in [-0.05, 0) is 24.8 Å². The number of amides is 1. The van der Waals surface area contributed by atoms with Gasteiger partial charge in [0.15, 0.2) is 0 Å². The minimum atomic E-state index is -0.343. The predicted molar refractivity (Wildman–Crippen MR) is 73.5 cm³/mol. The van der Waals surface area contributed by atoms with Crippen LogP contribution >= 0.6 is 0 Å². The first kappa shape index (κ1) is 14.3. The van der Waals surface area contributed by atoms with Gasteiger partial charge in [0, 0.05) is 6.54 Å². The van der Waals surface area contributed by atoms with Gasteiger partial charge in [-0.25, -0.2) is 4.79 Å². The van der Waals surface area contributed by atoms with Gasteiger partial charge < -0.3 is 10.1 Å². The van der Waals surface area contributed by atoms with Gasteiger partial charge in [-0.2, -0.15) is 0 Å². The van der Waals surface area contributed by atoms with E-state index < -0.39 is 0 Å². The van der Waals surface area contributed by atoms with Crippen molar-refractivity contribution < 1.29 is 9.53 Å². The van der Waals surface area contributed by atoms with Crippen molar-refractivity contribution in [2.45, 2.75) is 26.2 Å². The van der Waals surface area contributed by atoms with Crippen LogP contribution in [0.15, 0.2) is 42.5 Å². The van der Waals surface area contributed by atoms with Crippen LogP contribution in [0.4, 0.5) is 4.79 Å². The molecule has 0 aromatic heterocycles. The van der Waals surface area contributed by atoms with E-state index in [4.69, 9.17) is 4.74 Å². The lowest BCUT2D eigenvalue weighted by molar-refractivity contribution is 0.158. The molecule has 0 saturated carbocycles. The number of ether oxygens (including phenoxy) is 1. The Labute approximate surface area is 109 Å². The lowest BCUT2D eigenvalue weighted by Gasteiger charge is -2.02. The minimum absolute atomic E-state index is 0.338. The first-order chi connectivity index (χ1) is 8.83. The van der Waals surface area contributed by atoms with Crippen LogP contribution < -0.4 is 5.32 Å². The van der Waals surface area contributed by atoms with E-state index in [9.17, 15) is 4.79 Å². The van der Waals surface area contributed by atoms with Crippen LogP contribution in [-0.2, 0) is 11.2 Å². The Hall–Kier alpha value is -1.77. The SMILES string of the molecule is CCCNC(=O)OC/C=C/CCc1ccccc1. The minimum Gasteiger partial charge on any atom is -0.445 e. The van der Waals surface area contributed by atoms with Gasteiger partial charge in [-0.1, -0.05) is 49.4 Å². The number of rotatable bonds is 7. The summed E-state index contributed by atoms with van der Waals surface area (Å²) in [6, 6.07) is 10.3. The van der Waals surface area contributed by atoms with E-state index in [1.54, 1.807) is 0 Å². The van der Waals surface area contributed by atoms with Crippen molar-refractivity contribution in [3.63, 3.8) is 0 Å². The molecule has 1 amide bonds. The second-order valence-electron chi connectivity index (χ2n) is 4.02. The molecule has 1 N–H and O–H groups in total. The van der Waals surface area contributed by atoms with E-state index in [1.165, 1.54) is 5.56 Å². The Bertz CT molecular complexity index is 360. The number of hydrogen-bond donors (Lipinski definition) is 1. The highest BCUT2D eigenvalue weighted by Gasteiger charge is 1.96. The monoisotopic (exact) mass is 247 g/mol. The Kier molecular flexibility index (Phi) is 7.37. The first-order valence-electron chi connectivity index (χ1n) is 6.42. The van der Waals surface area contributed by atoms with Gasteiger partial charge in [-0.3, -0.25) is 0 Å². The number of hydrogen-bond acceptors (Lipinski definition) is 2. The summed E-state index contributed by atoms with van der Waals surface area (Å²) < 4.78 is 4.96. The molecule has 3 nitrogen and oxygen atoms in total. The zero-order valence-electron chi connectivity index (χ0n) is 10.9. The van der Waals surface area contributed by atoms with Crippen molar-refractivity contribution in [3.05, 3.63) is 48.0 Å². The molecule has 0 saturated heterocycles. The Morgan fingerprint density at radius 1 is 1.28 bits per heavy atom. The zero-order chi connectivity index (χ0) is 13.1. The number of carbonyl (C=O) groups excluding carboxylic acids is 1. The molecule has 0 unspecified atom stereocenters. The molecule has 0 fully saturated rings. The van der Waals surface area contributed by atoms with Crippen LogP contribution in [0.5, 0.6) is 0 Å². The maximum Gasteiger partial charge on any atom is 0.407 e. The molecule has 0 aliphatic heterocycles. The average molecular weight is 247 g/mol. The van der Waals surface area contributed by atoms with Crippen LogP contribution in [0.25, 0.3) is 0 Å². The number of nitrogens with one attached hydrogen (secondary N) is 1. The maximum atomic E-state index is 11.1. The summed E-state index contributed by atoms with van der Waals surface area (Å²) in [4.78, 5) is 11.1. The Morgan fingerprint density at radius 3 is 2.78 bits per heavy atom. The van der Waals surface area contributed by atoms with Crippen molar-refractivity contribution in [3.8, 4) is 0 Å². The molecular formula is C15H21NO2. The number of alkyl carbamates (subject to hydrolysis) is 1. The summed E-state index contributed by atoms with van der Waals surface area (Å²) in [7, 11) is 0. The second-order valence-corrected chi connectivity index (χ2v) is 4.02. The second kappa shape index (κ2) is 9.28. The number of carbonyl (C=O) groups is 1. The molecule has 0 radical (unpaired) electrons. The van der Waals surface area contributed by atoms with Crippen LogP contribution in [0.3, 0.4) is 0 Å². The normalized spacial score (nSPS) is 10.5. The highest BCUT2D eigenvalue weighted by atomic mass is 16.5. The fraction of sp³-hybridized carbons (Fsp3) is 0.400. The molecule has 0 aliphatic carbocycles. The summed E-state index contributed by atoms with van der Waals surface area (Å²) >= 11 is 0. The molecule has 98 valence electrons. The van der Waals surface area contributed by atoms with E-state index in [0.29, 0.717) is 13.2 Å². The van der Waals surface area contributed by atoms with Crippen molar-refractivity contribution in [2.75, 3.05) is 13.2 Å². The fourth-order valence-electron chi connectivity index (χ4n) is 1.48. The zero-order valence-corrected chi connectivity index (χ0v) is 10.9. The van der Waals surface area contributed by atoms with Crippen molar-refractivity contribution in [1.82, 2.24) is 5.32 Å². The molecule has 1 aromatic rings. The molecule has 18 heavy (non-hydrogen) atoms. The van der Waals surface area contributed by atoms with E-state index in [2.05, 4.69) is 17.4 Å². The lowest BCUT2D eigenvalue weighted by atomic mass is 10.1. The molecule has 1 rings (SSSR count). The highest BCUT2D eigenvalue weighted by Crippen LogP contribution is 2.02. The summed E-state index contributed by atoms with van der Waals surface area (Å²) in [6.07, 6.45) is 6.48. The summed E-state index contributed by atoms with van der Waals surface area (Å²) in [6.45, 7) is 3.00. The van der Waals surface area contributed by atoms with E-state index in [0.717, 1.165) is 19.3 Å². The molecular weight excluding hydrogens is 226 g/mol. The van der Waals surface area contributed by atoms with E-state index >= 15 is 0 Å². The smallest absolute Gasteiger partial charge is 0.407 e. The number of allylic oxidation sites excluding steroid dienone is 1. The van der Waals surface area contributed by atoms with E-state index in [1.807, 2.05) is 37.3 Å². The molecule has 0 spiro atoms. The van der Waals surface area contributed by atoms with Gasteiger partial charge in [0.05, 0.1) is 0 Å². The average Bonchev–Trinajstić information content (AvgIpc) is 2.41. The van der Waals surface area contributed by atoms with Crippen molar-refractivity contribution >= 4 is 6.09 Å². The van der Waals surface area contributed by atoms with Crippen LogP contribution in [0.2, 0.25) is 0 Å². The third kappa shape index (κ3) is 6.74. The molecule has 0 aliphatic rings. The number of aryl methyl sites for hydroxylation is 1. The number of benzene rings is 1. The van der Waals surface area contributed by atoms with Crippen LogP contribution in [0, 0.1) is 0 Å². The van der Waals surface area contributed by atoms with Gasteiger partial charge in [0.1, 0.15) is 6.61 Å². The Morgan fingerprint density at radius 2 is 2.06 bits per heavy atom. The summed E-state index contributed by atoms with van der Waals surface area (Å²) in [5.41, 5.74) is 1.32. The third-order valence-electron chi connectivity index (χ3n) is 2.44. The summed E-state index contributed by atoms with van der Waals surface area (Å²) in [5.74, 6) is 0. The van der Waals surface area contributed by atoms with Gasteiger partial charge in [0.25, 0.3) is 0 Å². The van der Waals surface area contributed by atoms with Crippen molar-refractivity contribution in [1.29, 1.82) is 0 Å². The lowest BCUT2D eigenvalue weighted by Crippen LogP contribution is -2.24. The molecule has 3 heteroatoms. The fourth-order valence-corrected chi connectivity index (χ4v) is 1.48.